The molecule has 2 aromatic rings. The Kier molecular flexibility index (Phi) is 32.1. The van der Waals surface area contributed by atoms with Crippen molar-refractivity contribution in [2.75, 3.05) is 165 Å². The molecule has 3 rings (SSSR count). The van der Waals surface area contributed by atoms with Gasteiger partial charge in [0.15, 0.2) is 5.82 Å². The standard InChI is InChI=1S/C42H66N6O17/c1-35-44-46-42(47-45-35)37-4-2-36(3-5-37)34-38(49)43-9-11-54-13-15-56-17-19-58-21-23-60-25-27-62-29-31-64-33-32-63-30-28-61-26-24-59-22-20-57-18-16-55-14-12-53-10-8-41(52)65-48-39(50)6-7-40(48)51/h2-5H,6-34H2,1H3,(H,43,49). The molecule has 1 aromatic heterocycles. The van der Waals surface area contributed by atoms with Crippen LogP contribution in [0.2, 0.25) is 0 Å². The normalized spacial score (nSPS) is 12.7. The average Bonchev–Trinajstić information content (AvgIpc) is 3.62. The van der Waals surface area contributed by atoms with E-state index in [1.807, 2.05) is 24.3 Å². The average molecular weight is 927 g/mol. The molecule has 1 N–H and O–H groups in total. The summed E-state index contributed by atoms with van der Waals surface area (Å²) in [6.45, 7) is 12.1. The fourth-order valence-electron chi connectivity index (χ4n) is 5.16. The van der Waals surface area contributed by atoms with Crippen LogP contribution in [0, 0.1) is 6.92 Å². The van der Waals surface area contributed by atoms with Gasteiger partial charge in [-0.15, -0.1) is 25.5 Å². The minimum Gasteiger partial charge on any atom is -0.378 e. The highest BCUT2D eigenvalue weighted by atomic mass is 16.7. The van der Waals surface area contributed by atoms with E-state index in [9.17, 15) is 19.2 Å². The molecule has 0 saturated carbocycles. The third-order valence-corrected chi connectivity index (χ3v) is 8.47. The van der Waals surface area contributed by atoms with Crippen LogP contribution in [0.5, 0.6) is 0 Å². The number of nitrogens with one attached hydrogen (secondary N) is 1. The zero-order chi connectivity index (χ0) is 46.3. The molecule has 23 nitrogen and oxygen atoms in total. The van der Waals surface area contributed by atoms with Gasteiger partial charge >= 0.3 is 5.97 Å². The van der Waals surface area contributed by atoms with E-state index in [1.54, 1.807) is 6.92 Å². The molecule has 0 bridgehead atoms. The van der Waals surface area contributed by atoms with E-state index < -0.39 is 17.8 Å². The zero-order valence-corrected chi connectivity index (χ0v) is 37.5. The summed E-state index contributed by atoms with van der Waals surface area (Å²) in [6.07, 6.45) is 0.283. The second-order valence-electron chi connectivity index (χ2n) is 13.6. The first-order valence-electron chi connectivity index (χ1n) is 21.8. The number of hydrogen-bond donors (Lipinski definition) is 1. The topological polar surface area (TPSA) is 255 Å². The Labute approximate surface area is 379 Å². The highest BCUT2D eigenvalue weighted by molar-refractivity contribution is 6.01. The van der Waals surface area contributed by atoms with Crippen LogP contribution >= 0.6 is 0 Å². The van der Waals surface area contributed by atoms with Crippen molar-refractivity contribution in [3.8, 4) is 11.4 Å². The Balaban J connectivity index is 0.906. The molecule has 366 valence electrons. The van der Waals surface area contributed by atoms with Crippen molar-refractivity contribution in [1.82, 2.24) is 30.8 Å². The van der Waals surface area contributed by atoms with E-state index in [-0.39, 0.29) is 44.8 Å². The van der Waals surface area contributed by atoms with Crippen LogP contribution in [0.25, 0.3) is 11.4 Å². The molecule has 23 heteroatoms. The van der Waals surface area contributed by atoms with E-state index in [1.165, 1.54) is 0 Å². The van der Waals surface area contributed by atoms with Crippen molar-refractivity contribution < 1.29 is 80.9 Å². The van der Waals surface area contributed by atoms with Crippen LogP contribution in [-0.4, -0.2) is 214 Å². The largest absolute Gasteiger partial charge is 0.378 e. The molecule has 1 fully saturated rings. The van der Waals surface area contributed by atoms with Crippen molar-refractivity contribution in [1.29, 1.82) is 0 Å². The van der Waals surface area contributed by atoms with Crippen molar-refractivity contribution >= 4 is 23.7 Å². The number of carbonyl (C=O) groups excluding carboxylic acids is 4. The number of aryl methyl sites for hydroxylation is 1. The number of carbonyl (C=O) groups is 4. The number of ether oxygens (including phenoxy) is 12. The highest BCUT2D eigenvalue weighted by Gasteiger charge is 2.32. The van der Waals surface area contributed by atoms with E-state index in [0.717, 1.165) is 11.1 Å². The van der Waals surface area contributed by atoms with Gasteiger partial charge in [-0.3, -0.25) is 14.4 Å². The van der Waals surface area contributed by atoms with E-state index in [4.69, 9.17) is 61.7 Å². The summed E-state index contributed by atoms with van der Waals surface area (Å²) in [7, 11) is 0. The zero-order valence-electron chi connectivity index (χ0n) is 37.5. The number of nitrogens with zero attached hydrogens (tertiary/aromatic N) is 5. The molecule has 1 aliphatic heterocycles. The lowest BCUT2D eigenvalue weighted by Crippen LogP contribution is -2.32. The second-order valence-corrected chi connectivity index (χ2v) is 13.6. The SMILES string of the molecule is Cc1nnc(-c2ccc(CC(=O)NCCOCCOCCOCCOCCOCCOCCOCCOCCOCCOCCOCCOCCC(=O)ON3C(=O)CCC3=O)cc2)nn1. The maximum absolute atomic E-state index is 12.2. The van der Waals surface area contributed by atoms with Gasteiger partial charge in [0.05, 0.1) is 171 Å². The Morgan fingerprint density at radius 1 is 0.492 bits per heavy atom. The summed E-state index contributed by atoms with van der Waals surface area (Å²) >= 11 is 0. The van der Waals surface area contributed by atoms with Gasteiger partial charge in [0.1, 0.15) is 0 Å². The number of benzene rings is 1. The van der Waals surface area contributed by atoms with Gasteiger partial charge < -0.3 is 67.0 Å². The van der Waals surface area contributed by atoms with Crippen LogP contribution in [0.4, 0.5) is 0 Å². The lowest BCUT2D eigenvalue weighted by Gasteiger charge is -2.12. The maximum atomic E-state index is 12.2. The molecule has 1 saturated heterocycles. The number of imide groups is 1. The van der Waals surface area contributed by atoms with Crippen molar-refractivity contribution in [2.24, 2.45) is 0 Å². The predicted molar refractivity (Wildman–Crippen MR) is 226 cm³/mol. The summed E-state index contributed by atoms with van der Waals surface area (Å²) in [6, 6.07) is 7.39. The van der Waals surface area contributed by atoms with E-state index in [2.05, 4.69) is 25.7 Å². The summed E-state index contributed by atoms with van der Waals surface area (Å²) < 4.78 is 65.5. The monoisotopic (exact) mass is 926 g/mol. The maximum Gasteiger partial charge on any atom is 0.335 e. The first-order chi connectivity index (χ1) is 31.9. The minimum absolute atomic E-state index is 0.0531. The van der Waals surface area contributed by atoms with Crippen LogP contribution < -0.4 is 5.32 Å². The third-order valence-electron chi connectivity index (χ3n) is 8.47. The molecule has 0 unspecified atom stereocenters. The Morgan fingerprint density at radius 3 is 1.20 bits per heavy atom. The number of amides is 3. The smallest absolute Gasteiger partial charge is 0.335 e. The molecule has 65 heavy (non-hydrogen) atoms. The van der Waals surface area contributed by atoms with Gasteiger partial charge in [-0.25, -0.2) is 4.79 Å². The van der Waals surface area contributed by atoms with Gasteiger partial charge in [-0.2, -0.15) is 0 Å². The summed E-state index contributed by atoms with van der Waals surface area (Å²) in [4.78, 5) is 51.5. The molecule has 0 atom stereocenters. The van der Waals surface area contributed by atoms with Gasteiger partial charge in [-0.05, 0) is 12.5 Å². The van der Waals surface area contributed by atoms with E-state index in [0.29, 0.717) is 169 Å². The van der Waals surface area contributed by atoms with Gasteiger partial charge in [0.25, 0.3) is 11.8 Å². The lowest BCUT2D eigenvalue weighted by molar-refractivity contribution is -0.198. The molecular formula is C42H66N6O17. The van der Waals surface area contributed by atoms with E-state index >= 15 is 0 Å². The lowest BCUT2D eigenvalue weighted by atomic mass is 10.1. The van der Waals surface area contributed by atoms with Crippen LogP contribution in [-0.2, 0) is 87.3 Å². The van der Waals surface area contributed by atoms with Crippen LogP contribution in [0.15, 0.2) is 24.3 Å². The Morgan fingerprint density at radius 2 is 0.831 bits per heavy atom. The number of hydroxylamine groups is 2. The molecule has 1 aliphatic rings. The van der Waals surface area contributed by atoms with Gasteiger partial charge in [0, 0.05) is 24.9 Å². The summed E-state index contributed by atoms with van der Waals surface area (Å²) in [5, 5.41) is 19.2. The van der Waals surface area contributed by atoms with Crippen molar-refractivity contribution in [2.45, 2.75) is 32.6 Å². The van der Waals surface area contributed by atoms with Crippen molar-refractivity contribution in [3.05, 3.63) is 35.7 Å². The molecule has 0 spiro atoms. The van der Waals surface area contributed by atoms with Crippen molar-refractivity contribution in [3.63, 3.8) is 0 Å². The fourth-order valence-corrected chi connectivity index (χ4v) is 5.16. The summed E-state index contributed by atoms with van der Waals surface area (Å²) in [5.74, 6) is -0.885. The van der Waals surface area contributed by atoms with Crippen LogP contribution in [0.1, 0.15) is 30.7 Å². The molecule has 3 amide bonds. The minimum atomic E-state index is -0.705. The highest BCUT2D eigenvalue weighted by Crippen LogP contribution is 2.15. The molecular weight excluding hydrogens is 860 g/mol. The second kappa shape index (κ2) is 37.9. The first kappa shape index (κ1) is 55.1. The quantitative estimate of drug-likeness (QED) is 0.0683. The Bertz CT molecular complexity index is 1530. The van der Waals surface area contributed by atoms with Crippen LogP contribution in [0.3, 0.4) is 0 Å². The third kappa shape index (κ3) is 29.1. The Hall–Kier alpha value is -4.24. The first-order valence-corrected chi connectivity index (χ1v) is 21.8. The molecule has 0 radical (unpaired) electrons. The number of hydrogen-bond acceptors (Lipinski definition) is 21. The molecule has 1 aromatic carbocycles. The summed E-state index contributed by atoms with van der Waals surface area (Å²) in [5.41, 5.74) is 1.65. The number of aromatic nitrogens is 4. The number of rotatable bonds is 43. The molecule has 0 aliphatic carbocycles. The predicted octanol–water partition coefficient (Wildman–Crippen LogP) is 0.0972. The fraction of sp³-hybridized carbons (Fsp3) is 0.714. The van der Waals surface area contributed by atoms with Gasteiger partial charge in [-0.1, -0.05) is 24.3 Å². The molecule has 2 heterocycles. The van der Waals surface area contributed by atoms with Gasteiger partial charge in [0.2, 0.25) is 11.7 Å².